The van der Waals surface area contributed by atoms with Crippen molar-refractivity contribution in [3.63, 3.8) is 0 Å². The van der Waals surface area contributed by atoms with E-state index >= 15 is 0 Å². The summed E-state index contributed by atoms with van der Waals surface area (Å²) in [5.41, 5.74) is 5.51. The van der Waals surface area contributed by atoms with Crippen LogP contribution in [0.3, 0.4) is 0 Å². The Balaban J connectivity index is 1.98. The zero-order valence-electron chi connectivity index (χ0n) is 4.65. The van der Waals surface area contributed by atoms with Crippen LogP contribution in [0.1, 0.15) is 6.42 Å². The van der Waals surface area contributed by atoms with Crippen molar-refractivity contribution in [2.45, 2.75) is 12.5 Å². The van der Waals surface area contributed by atoms with Gasteiger partial charge in [0, 0.05) is 6.04 Å². The van der Waals surface area contributed by atoms with E-state index in [1.54, 1.807) is 0 Å². The Bertz CT molecular complexity index is 63.1. The third-order valence-corrected chi connectivity index (χ3v) is 1.44. The first kappa shape index (κ1) is 5.06. The van der Waals surface area contributed by atoms with E-state index in [0.717, 1.165) is 12.5 Å². The summed E-state index contributed by atoms with van der Waals surface area (Å²) in [5, 5.41) is 3.08. The second kappa shape index (κ2) is 1.80. The van der Waals surface area contributed by atoms with Crippen molar-refractivity contribution in [2.75, 3.05) is 13.6 Å². The van der Waals surface area contributed by atoms with Crippen LogP contribution in [0.2, 0.25) is 0 Å². The number of nitrogens with two attached hydrogens (primary N) is 1. The molecule has 42 valence electrons. The van der Waals surface area contributed by atoms with E-state index in [2.05, 4.69) is 5.32 Å². The zero-order valence-corrected chi connectivity index (χ0v) is 4.65. The standard InChI is InChI=1S/C5H12N2/c1-7-3-4-2-5(4)6/h4-5,7H,2-3,6H2,1H3. The first-order valence-corrected chi connectivity index (χ1v) is 2.74. The van der Waals surface area contributed by atoms with E-state index in [1.807, 2.05) is 7.05 Å². The molecule has 0 radical (unpaired) electrons. The lowest BCUT2D eigenvalue weighted by Gasteiger charge is -1.90. The fourth-order valence-electron chi connectivity index (χ4n) is 0.768. The lowest BCUT2D eigenvalue weighted by Crippen LogP contribution is -2.14. The van der Waals surface area contributed by atoms with E-state index in [4.69, 9.17) is 5.73 Å². The summed E-state index contributed by atoms with van der Waals surface area (Å²) in [6, 6.07) is 0.507. The molecule has 0 bridgehead atoms. The fourth-order valence-corrected chi connectivity index (χ4v) is 0.768. The number of nitrogens with one attached hydrogen (secondary N) is 1. The minimum atomic E-state index is 0.507. The van der Waals surface area contributed by atoms with Crippen LogP contribution >= 0.6 is 0 Å². The molecule has 1 aliphatic carbocycles. The Morgan fingerprint density at radius 1 is 1.86 bits per heavy atom. The molecule has 0 aromatic heterocycles. The Kier molecular flexibility index (Phi) is 1.30. The van der Waals surface area contributed by atoms with E-state index in [0.29, 0.717) is 6.04 Å². The molecule has 0 saturated heterocycles. The summed E-state index contributed by atoms with van der Waals surface area (Å²) >= 11 is 0. The van der Waals surface area contributed by atoms with Gasteiger partial charge in [0.25, 0.3) is 0 Å². The quantitative estimate of drug-likeness (QED) is 0.493. The fraction of sp³-hybridized carbons (Fsp3) is 1.00. The van der Waals surface area contributed by atoms with Crippen LogP contribution in [0.4, 0.5) is 0 Å². The maximum Gasteiger partial charge on any atom is 0.00835 e. The molecule has 0 aromatic rings. The number of hydrogen-bond donors (Lipinski definition) is 2. The maximum absolute atomic E-state index is 5.51. The van der Waals surface area contributed by atoms with Gasteiger partial charge in [-0.25, -0.2) is 0 Å². The largest absolute Gasteiger partial charge is 0.327 e. The number of hydrogen-bond acceptors (Lipinski definition) is 2. The van der Waals surface area contributed by atoms with E-state index < -0.39 is 0 Å². The normalized spacial score (nSPS) is 38.6. The van der Waals surface area contributed by atoms with Crippen LogP contribution in [0, 0.1) is 5.92 Å². The van der Waals surface area contributed by atoms with Crippen LogP contribution in [0.25, 0.3) is 0 Å². The van der Waals surface area contributed by atoms with Gasteiger partial charge in [0.05, 0.1) is 0 Å². The first-order valence-electron chi connectivity index (χ1n) is 2.74. The molecule has 2 heteroatoms. The summed E-state index contributed by atoms with van der Waals surface area (Å²) in [7, 11) is 1.96. The first-order chi connectivity index (χ1) is 3.34. The average molecular weight is 100 g/mol. The van der Waals surface area contributed by atoms with Crippen molar-refractivity contribution in [1.29, 1.82) is 0 Å². The van der Waals surface area contributed by atoms with Gasteiger partial charge < -0.3 is 11.1 Å². The van der Waals surface area contributed by atoms with Crippen molar-refractivity contribution >= 4 is 0 Å². The van der Waals surface area contributed by atoms with Gasteiger partial charge in [-0.2, -0.15) is 0 Å². The highest BCUT2D eigenvalue weighted by Gasteiger charge is 2.31. The third kappa shape index (κ3) is 1.14. The molecule has 3 N–H and O–H groups in total. The Labute approximate surface area is 44.1 Å². The highest BCUT2D eigenvalue weighted by molar-refractivity contribution is 4.90. The van der Waals surface area contributed by atoms with Crippen molar-refractivity contribution in [3.8, 4) is 0 Å². The van der Waals surface area contributed by atoms with Gasteiger partial charge in [-0.15, -0.1) is 0 Å². The van der Waals surface area contributed by atoms with Crippen LogP contribution in [-0.2, 0) is 0 Å². The highest BCUT2D eigenvalue weighted by atomic mass is 14.9. The van der Waals surface area contributed by atoms with Crippen LogP contribution < -0.4 is 11.1 Å². The van der Waals surface area contributed by atoms with Gasteiger partial charge in [-0.1, -0.05) is 0 Å². The maximum atomic E-state index is 5.51. The molecule has 0 spiro atoms. The molecule has 1 fully saturated rings. The second-order valence-electron chi connectivity index (χ2n) is 2.22. The molecule has 2 atom stereocenters. The molecule has 0 aliphatic heterocycles. The topological polar surface area (TPSA) is 38.0 Å². The third-order valence-electron chi connectivity index (χ3n) is 1.44. The molecule has 2 unspecified atom stereocenters. The smallest absolute Gasteiger partial charge is 0.00835 e. The molecule has 0 aromatic carbocycles. The predicted octanol–water partition coefficient (Wildman–Crippen LogP) is -0.447. The van der Waals surface area contributed by atoms with Crippen LogP contribution in [0.5, 0.6) is 0 Å². The van der Waals surface area contributed by atoms with Gasteiger partial charge >= 0.3 is 0 Å². The van der Waals surface area contributed by atoms with Crippen molar-refractivity contribution in [3.05, 3.63) is 0 Å². The summed E-state index contributed by atoms with van der Waals surface area (Å²) in [6.07, 6.45) is 1.22. The molecule has 0 amide bonds. The molecule has 0 heterocycles. The molecule has 1 rings (SSSR count). The zero-order chi connectivity index (χ0) is 5.28. The van der Waals surface area contributed by atoms with Gasteiger partial charge in [0.15, 0.2) is 0 Å². The lowest BCUT2D eigenvalue weighted by molar-refractivity contribution is 0.695. The van der Waals surface area contributed by atoms with Crippen LogP contribution in [0.15, 0.2) is 0 Å². The molecular formula is C5H12N2. The van der Waals surface area contributed by atoms with Crippen molar-refractivity contribution in [2.24, 2.45) is 11.7 Å². The Morgan fingerprint density at radius 3 is 2.57 bits per heavy atom. The van der Waals surface area contributed by atoms with E-state index in [-0.39, 0.29) is 0 Å². The minimum Gasteiger partial charge on any atom is -0.327 e. The highest BCUT2D eigenvalue weighted by Crippen LogP contribution is 2.25. The SMILES string of the molecule is CNCC1CC1N. The summed E-state index contributed by atoms with van der Waals surface area (Å²) in [4.78, 5) is 0. The summed E-state index contributed by atoms with van der Waals surface area (Å²) in [6.45, 7) is 1.10. The summed E-state index contributed by atoms with van der Waals surface area (Å²) < 4.78 is 0. The van der Waals surface area contributed by atoms with Gasteiger partial charge in [-0.3, -0.25) is 0 Å². The number of rotatable bonds is 2. The molecule has 1 aliphatic rings. The summed E-state index contributed by atoms with van der Waals surface area (Å²) in [5.74, 6) is 0.782. The van der Waals surface area contributed by atoms with Crippen LogP contribution in [-0.4, -0.2) is 19.6 Å². The van der Waals surface area contributed by atoms with Gasteiger partial charge in [0.1, 0.15) is 0 Å². The van der Waals surface area contributed by atoms with Crippen molar-refractivity contribution in [1.82, 2.24) is 5.32 Å². The second-order valence-corrected chi connectivity index (χ2v) is 2.22. The average Bonchev–Trinajstić information content (AvgIpc) is 2.22. The van der Waals surface area contributed by atoms with E-state index in [9.17, 15) is 0 Å². The van der Waals surface area contributed by atoms with Gasteiger partial charge in [-0.05, 0) is 25.9 Å². The minimum absolute atomic E-state index is 0.507. The predicted molar refractivity (Wildman–Crippen MR) is 30.0 cm³/mol. The van der Waals surface area contributed by atoms with E-state index in [1.165, 1.54) is 6.42 Å². The molecular weight excluding hydrogens is 88.1 g/mol. The molecule has 1 saturated carbocycles. The lowest BCUT2D eigenvalue weighted by atomic mass is 10.4. The monoisotopic (exact) mass is 100 g/mol. The van der Waals surface area contributed by atoms with Gasteiger partial charge in [0.2, 0.25) is 0 Å². The Morgan fingerprint density at radius 2 is 2.43 bits per heavy atom. The molecule has 2 nitrogen and oxygen atoms in total. The molecule has 7 heavy (non-hydrogen) atoms. The van der Waals surface area contributed by atoms with Crippen molar-refractivity contribution < 1.29 is 0 Å². The Hall–Kier alpha value is -0.0800.